The Morgan fingerprint density at radius 1 is 1.09 bits per heavy atom. The molecule has 2 aromatic carbocycles. The van der Waals surface area contributed by atoms with E-state index in [4.69, 9.17) is 4.74 Å². The summed E-state index contributed by atoms with van der Waals surface area (Å²) in [6, 6.07) is 19.1. The lowest BCUT2D eigenvalue weighted by Crippen LogP contribution is -2.38. The van der Waals surface area contributed by atoms with Crippen molar-refractivity contribution < 1.29 is 14.2 Å². The number of aliphatic imine (C=N–C) groups is 1. The zero-order valence-electron chi connectivity index (χ0n) is 17.9. The SMILES string of the molecule is CCNC(=NCc1ccnc(Oc2ccc(F)cc2)c1)NCCC(O)c1ccccc1.I. The van der Waals surface area contributed by atoms with Crippen LogP contribution in [0.4, 0.5) is 4.39 Å². The van der Waals surface area contributed by atoms with Crippen molar-refractivity contribution in [1.82, 2.24) is 15.6 Å². The molecule has 0 aliphatic carbocycles. The number of ether oxygens (including phenoxy) is 1. The highest BCUT2D eigenvalue weighted by molar-refractivity contribution is 14.0. The fraction of sp³-hybridized carbons (Fsp3) is 0.250. The highest BCUT2D eigenvalue weighted by Crippen LogP contribution is 2.20. The van der Waals surface area contributed by atoms with Crippen LogP contribution in [0.3, 0.4) is 0 Å². The third kappa shape index (κ3) is 8.43. The molecule has 3 aromatic rings. The minimum atomic E-state index is -0.525. The van der Waals surface area contributed by atoms with Crippen LogP contribution in [0.2, 0.25) is 0 Å². The van der Waals surface area contributed by atoms with Gasteiger partial charge in [-0.2, -0.15) is 0 Å². The molecular weight excluding hydrogens is 522 g/mol. The van der Waals surface area contributed by atoms with Gasteiger partial charge in [-0.25, -0.2) is 14.4 Å². The quantitative estimate of drug-likeness (QED) is 0.203. The van der Waals surface area contributed by atoms with Gasteiger partial charge in [-0.3, -0.25) is 0 Å². The average molecular weight is 550 g/mol. The number of pyridine rings is 1. The van der Waals surface area contributed by atoms with Crippen molar-refractivity contribution in [3.05, 3.63) is 89.9 Å². The van der Waals surface area contributed by atoms with Gasteiger partial charge in [-0.1, -0.05) is 30.3 Å². The van der Waals surface area contributed by atoms with E-state index in [1.54, 1.807) is 24.4 Å². The van der Waals surface area contributed by atoms with Gasteiger partial charge in [0.1, 0.15) is 11.6 Å². The highest BCUT2D eigenvalue weighted by Gasteiger charge is 2.07. The number of hydrogen-bond acceptors (Lipinski definition) is 4. The third-order valence-electron chi connectivity index (χ3n) is 4.49. The van der Waals surface area contributed by atoms with Crippen LogP contribution in [0.15, 0.2) is 77.9 Å². The van der Waals surface area contributed by atoms with Crippen LogP contribution in [-0.4, -0.2) is 29.1 Å². The number of aliphatic hydroxyl groups is 1. The molecule has 3 N–H and O–H groups in total. The number of halogens is 2. The van der Waals surface area contributed by atoms with Crippen molar-refractivity contribution in [2.45, 2.75) is 26.0 Å². The normalized spacial score (nSPS) is 11.9. The predicted molar refractivity (Wildman–Crippen MR) is 135 cm³/mol. The lowest BCUT2D eigenvalue weighted by molar-refractivity contribution is 0.168. The Bertz CT molecular complexity index is 971. The van der Waals surface area contributed by atoms with Crippen LogP contribution in [0.5, 0.6) is 11.6 Å². The molecule has 1 unspecified atom stereocenters. The molecule has 1 atom stereocenters. The van der Waals surface area contributed by atoms with Crippen molar-refractivity contribution in [3.63, 3.8) is 0 Å². The lowest BCUT2D eigenvalue weighted by Gasteiger charge is -2.14. The highest BCUT2D eigenvalue weighted by atomic mass is 127. The number of hydrogen-bond donors (Lipinski definition) is 3. The molecule has 1 heterocycles. The molecule has 0 fully saturated rings. The molecule has 0 bridgehead atoms. The van der Waals surface area contributed by atoms with E-state index in [9.17, 15) is 9.50 Å². The molecule has 0 aliphatic heterocycles. The fourth-order valence-corrected chi connectivity index (χ4v) is 2.91. The average Bonchev–Trinajstić information content (AvgIpc) is 2.80. The molecule has 0 aliphatic rings. The van der Waals surface area contributed by atoms with Gasteiger partial charge in [0, 0.05) is 25.4 Å². The van der Waals surface area contributed by atoms with E-state index in [2.05, 4.69) is 20.6 Å². The van der Waals surface area contributed by atoms with Crippen LogP contribution in [-0.2, 0) is 6.54 Å². The summed E-state index contributed by atoms with van der Waals surface area (Å²) in [7, 11) is 0. The number of nitrogens with one attached hydrogen (secondary N) is 2. The number of rotatable bonds is 9. The molecule has 32 heavy (non-hydrogen) atoms. The monoisotopic (exact) mass is 550 g/mol. The number of aliphatic hydroxyl groups excluding tert-OH is 1. The Labute approximate surface area is 205 Å². The zero-order valence-corrected chi connectivity index (χ0v) is 20.2. The summed E-state index contributed by atoms with van der Waals surface area (Å²) in [5.41, 5.74) is 1.82. The summed E-state index contributed by atoms with van der Waals surface area (Å²) in [6.07, 6.45) is 1.70. The summed E-state index contributed by atoms with van der Waals surface area (Å²) < 4.78 is 18.7. The second-order valence-corrected chi connectivity index (χ2v) is 6.90. The first kappa shape index (κ1) is 25.5. The van der Waals surface area contributed by atoms with Gasteiger partial charge in [0.05, 0.1) is 12.6 Å². The van der Waals surface area contributed by atoms with Gasteiger partial charge in [-0.15, -0.1) is 24.0 Å². The third-order valence-corrected chi connectivity index (χ3v) is 4.49. The Kier molecular flexibility index (Phi) is 10.9. The van der Waals surface area contributed by atoms with Crippen LogP contribution >= 0.6 is 24.0 Å². The van der Waals surface area contributed by atoms with E-state index >= 15 is 0 Å². The summed E-state index contributed by atoms with van der Waals surface area (Å²) in [5, 5.41) is 16.7. The van der Waals surface area contributed by atoms with E-state index in [1.165, 1.54) is 12.1 Å². The zero-order chi connectivity index (χ0) is 21.9. The predicted octanol–water partition coefficient (Wildman–Crippen LogP) is 4.81. The number of aromatic nitrogens is 1. The first-order valence-electron chi connectivity index (χ1n) is 10.3. The van der Waals surface area contributed by atoms with Crippen molar-refractivity contribution in [1.29, 1.82) is 0 Å². The number of benzene rings is 2. The molecule has 1 aromatic heterocycles. The molecule has 0 saturated heterocycles. The van der Waals surface area contributed by atoms with E-state index in [0.29, 0.717) is 37.1 Å². The minimum absolute atomic E-state index is 0. The molecule has 0 saturated carbocycles. The van der Waals surface area contributed by atoms with E-state index in [0.717, 1.165) is 17.7 Å². The Balaban J connectivity index is 0.00000363. The van der Waals surface area contributed by atoms with Crippen molar-refractivity contribution in [2.24, 2.45) is 4.99 Å². The van der Waals surface area contributed by atoms with Crippen molar-refractivity contribution >= 4 is 29.9 Å². The van der Waals surface area contributed by atoms with Gasteiger partial charge in [0.15, 0.2) is 5.96 Å². The minimum Gasteiger partial charge on any atom is -0.439 e. The van der Waals surface area contributed by atoms with Gasteiger partial charge in [-0.05, 0) is 54.8 Å². The maximum atomic E-state index is 13.0. The van der Waals surface area contributed by atoms with Gasteiger partial charge in [0.2, 0.25) is 5.88 Å². The second-order valence-electron chi connectivity index (χ2n) is 6.90. The molecule has 0 radical (unpaired) electrons. The van der Waals surface area contributed by atoms with Gasteiger partial charge in [0.25, 0.3) is 0 Å². The summed E-state index contributed by atoms with van der Waals surface area (Å²) in [4.78, 5) is 8.79. The van der Waals surface area contributed by atoms with Crippen LogP contribution < -0.4 is 15.4 Å². The first-order valence-corrected chi connectivity index (χ1v) is 10.3. The van der Waals surface area contributed by atoms with Crippen molar-refractivity contribution in [3.8, 4) is 11.6 Å². The lowest BCUT2D eigenvalue weighted by atomic mass is 10.1. The maximum Gasteiger partial charge on any atom is 0.219 e. The standard InChI is InChI=1S/C24H27FN4O2.HI/c1-2-26-24(28-15-13-22(30)19-6-4-3-5-7-19)29-17-18-12-14-27-23(16-18)31-21-10-8-20(25)9-11-21;/h3-12,14,16,22,30H,2,13,15,17H2,1H3,(H2,26,28,29);1H. The number of guanidine groups is 1. The molecule has 8 heteroatoms. The van der Waals surface area contributed by atoms with E-state index in [1.807, 2.05) is 43.3 Å². The maximum absolute atomic E-state index is 13.0. The summed E-state index contributed by atoms with van der Waals surface area (Å²) in [6.45, 7) is 3.73. The van der Waals surface area contributed by atoms with Crippen molar-refractivity contribution in [2.75, 3.05) is 13.1 Å². The molecular formula is C24H28FIN4O2. The first-order chi connectivity index (χ1) is 15.1. The fourth-order valence-electron chi connectivity index (χ4n) is 2.91. The topological polar surface area (TPSA) is 78.8 Å². The Hall–Kier alpha value is -2.72. The Morgan fingerprint density at radius 2 is 1.84 bits per heavy atom. The smallest absolute Gasteiger partial charge is 0.219 e. The summed E-state index contributed by atoms with van der Waals surface area (Å²) in [5.74, 6) is 1.29. The molecule has 170 valence electrons. The molecule has 0 spiro atoms. The molecule has 6 nitrogen and oxygen atoms in total. The van der Waals surface area contributed by atoms with Crippen LogP contribution in [0.25, 0.3) is 0 Å². The largest absolute Gasteiger partial charge is 0.439 e. The Morgan fingerprint density at radius 3 is 2.56 bits per heavy atom. The van der Waals surface area contributed by atoms with Crippen LogP contribution in [0.1, 0.15) is 30.6 Å². The van der Waals surface area contributed by atoms with Gasteiger partial charge < -0.3 is 20.5 Å². The molecule has 3 rings (SSSR count). The van der Waals surface area contributed by atoms with E-state index in [-0.39, 0.29) is 29.8 Å². The van der Waals surface area contributed by atoms with Crippen LogP contribution in [0, 0.1) is 5.82 Å². The number of nitrogens with zero attached hydrogens (tertiary/aromatic N) is 2. The summed E-state index contributed by atoms with van der Waals surface area (Å²) >= 11 is 0. The van der Waals surface area contributed by atoms with Gasteiger partial charge >= 0.3 is 0 Å². The second kappa shape index (κ2) is 13.6. The van der Waals surface area contributed by atoms with E-state index < -0.39 is 6.10 Å². The molecule has 0 amide bonds.